The summed E-state index contributed by atoms with van der Waals surface area (Å²) in [7, 11) is 1.84. The first kappa shape index (κ1) is 17.6. The number of amides is 1. The zero-order valence-corrected chi connectivity index (χ0v) is 16.2. The minimum absolute atomic E-state index is 0.0557. The molecule has 0 radical (unpaired) electrons. The molecule has 0 N–H and O–H groups in total. The molecule has 1 aliphatic heterocycles. The summed E-state index contributed by atoms with van der Waals surface area (Å²) < 4.78 is 3.40. The summed E-state index contributed by atoms with van der Waals surface area (Å²) in [5.41, 5.74) is 2.66. The lowest BCUT2D eigenvalue weighted by Crippen LogP contribution is -2.34. The third kappa shape index (κ3) is 2.78. The molecule has 1 fully saturated rings. The van der Waals surface area contributed by atoms with E-state index in [0.29, 0.717) is 5.69 Å². The maximum Gasteiger partial charge on any atom is 0.295 e. The predicted molar refractivity (Wildman–Crippen MR) is 107 cm³/mol. The van der Waals surface area contributed by atoms with Crippen LogP contribution in [0.15, 0.2) is 59.7 Å². The van der Waals surface area contributed by atoms with Crippen LogP contribution in [0.5, 0.6) is 0 Å². The van der Waals surface area contributed by atoms with Gasteiger partial charge in [-0.25, -0.2) is 4.68 Å². The van der Waals surface area contributed by atoms with Crippen LogP contribution in [-0.4, -0.2) is 25.5 Å². The van der Waals surface area contributed by atoms with Gasteiger partial charge in [0.2, 0.25) is 5.91 Å². The molecule has 2 aromatic heterocycles. The van der Waals surface area contributed by atoms with Crippen molar-refractivity contribution in [2.24, 2.45) is 7.05 Å². The molecule has 2 atom stereocenters. The van der Waals surface area contributed by atoms with Crippen molar-refractivity contribution in [3.05, 3.63) is 76.5 Å². The molecule has 1 amide bonds. The molecule has 0 aliphatic carbocycles. The second-order valence-electron chi connectivity index (χ2n) is 6.54. The Morgan fingerprint density at radius 2 is 1.81 bits per heavy atom. The summed E-state index contributed by atoms with van der Waals surface area (Å²) in [5, 5.41) is -0.487. The molecule has 0 spiro atoms. The van der Waals surface area contributed by atoms with Gasteiger partial charge in [0.25, 0.3) is 5.56 Å². The lowest BCUT2D eigenvalue weighted by molar-refractivity contribution is -0.117. The number of aromatic nitrogens is 3. The largest absolute Gasteiger partial charge is 0.295 e. The van der Waals surface area contributed by atoms with E-state index in [1.165, 1.54) is 11.8 Å². The number of carbonyl (C=O) groups excluding carboxylic acids is 1. The van der Waals surface area contributed by atoms with Gasteiger partial charge in [-0.3, -0.25) is 24.2 Å². The molecular weight excluding hydrogens is 360 g/mol. The number of pyridine rings is 1. The number of anilines is 1. The quantitative estimate of drug-likeness (QED) is 0.701. The van der Waals surface area contributed by atoms with Crippen LogP contribution >= 0.6 is 11.8 Å². The predicted octanol–water partition coefficient (Wildman–Crippen LogP) is 3.05. The first-order chi connectivity index (χ1) is 13.0. The van der Waals surface area contributed by atoms with Gasteiger partial charge in [-0.2, -0.15) is 0 Å². The Balaban J connectivity index is 1.90. The highest BCUT2D eigenvalue weighted by Crippen LogP contribution is 2.45. The molecule has 1 saturated heterocycles. The molecule has 0 unspecified atom stereocenters. The highest BCUT2D eigenvalue weighted by molar-refractivity contribution is 8.01. The van der Waals surface area contributed by atoms with Gasteiger partial charge in [0.1, 0.15) is 11.1 Å². The first-order valence-corrected chi connectivity index (χ1v) is 9.67. The molecule has 3 aromatic rings. The Bertz CT molecular complexity index is 1040. The van der Waals surface area contributed by atoms with Gasteiger partial charge in [0.15, 0.2) is 0 Å². The highest BCUT2D eigenvalue weighted by Gasteiger charge is 2.42. The Labute approximate surface area is 161 Å². The Morgan fingerprint density at radius 1 is 1.07 bits per heavy atom. The average molecular weight is 380 g/mol. The average Bonchev–Trinajstić information content (AvgIpc) is 3.10. The summed E-state index contributed by atoms with van der Waals surface area (Å²) in [6.07, 6.45) is 3.46. The van der Waals surface area contributed by atoms with E-state index in [9.17, 15) is 9.59 Å². The van der Waals surface area contributed by atoms with E-state index in [0.717, 1.165) is 16.9 Å². The highest BCUT2D eigenvalue weighted by atomic mass is 32.2. The molecule has 138 valence electrons. The van der Waals surface area contributed by atoms with Crippen molar-refractivity contribution in [1.29, 1.82) is 0 Å². The second-order valence-corrected chi connectivity index (χ2v) is 7.96. The van der Waals surface area contributed by atoms with Gasteiger partial charge < -0.3 is 0 Å². The van der Waals surface area contributed by atoms with Crippen LogP contribution in [0.4, 0.5) is 5.69 Å². The second kappa shape index (κ2) is 6.74. The molecule has 3 heterocycles. The molecule has 0 saturated carbocycles. The number of hydrogen-bond acceptors (Lipinski definition) is 4. The first-order valence-electron chi connectivity index (χ1n) is 8.73. The Hall–Kier alpha value is -2.80. The van der Waals surface area contributed by atoms with Crippen molar-refractivity contribution >= 4 is 23.4 Å². The smallest absolute Gasteiger partial charge is 0.288 e. The number of nitrogens with zero attached hydrogens (tertiary/aromatic N) is 4. The fourth-order valence-electron chi connectivity index (χ4n) is 3.43. The summed E-state index contributed by atoms with van der Waals surface area (Å²) in [5.74, 6) is -0.0557. The summed E-state index contributed by atoms with van der Waals surface area (Å²) >= 11 is 1.54. The third-order valence-corrected chi connectivity index (χ3v) is 6.24. The number of benzene rings is 1. The minimum Gasteiger partial charge on any atom is -0.288 e. The van der Waals surface area contributed by atoms with Gasteiger partial charge in [-0.1, -0.05) is 24.3 Å². The van der Waals surface area contributed by atoms with Crippen LogP contribution in [-0.2, 0) is 11.8 Å². The fourth-order valence-corrected chi connectivity index (χ4v) is 4.68. The molecule has 1 aromatic carbocycles. The SMILES string of the molecule is Cc1c(N2C(=O)[C@H](C)S[C@H]2c2cccnc2)c(=O)n(-c2ccccc2)n1C. The van der Waals surface area contributed by atoms with Gasteiger partial charge in [-0.15, -0.1) is 11.8 Å². The third-order valence-electron chi connectivity index (χ3n) is 4.89. The van der Waals surface area contributed by atoms with Gasteiger partial charge in [0, 0.05) is 25.0 Å². The molecular formula is C20H20N4O2S. The van der Waals surface area contributed by atoms with Gasteiger partial charge >= 0.3 is 0 Å². The van der Waals surface area contributed by atoms with Crippen LogP contribution < -0.4 is 10.5 Å². The van der Waals surface area contributed by atoms with Crippen molar-refractivity contribution in [2.75, 3.05) is 4.90 Å². The molecule has 1 aliphatic rings. The lowest BCUT2D eigenvalue weighted by atomic mass is 10.2. The molecule has 27 heavy (non-hydrogen) atoms. The van der Waals surface area contributed by atoms with Crippen LogP contribution in [0.2, 0.25) is 0 Å². The topological polar surface area (TPSA) is 60.1 Å². The molecule has 6 nitrogen and oxygen atoms in total. The van der Waals surface area contributed by atoms with Crippen LogP contribution in [0.1, 0.15) is 23.6 Å². The molecule has 4 rings (SSSR count). The Kier molecular flexibility index (Phi) is 4.39. The van der Waals surface area contributed by atoms with Crippen molar-refractivity contribution in [3.63, 3.8) is 0 Å². The summed E-state index contributed by atoms with van der Waals surface area (Å²) in [6, 6.07) is 13.2. The number of thioether (sulfide) groups is 1. The summed E-state index contributed by atoms with van der Waals surface area (Å²) in [6.45, 7) is 3.75. The zero-order chi connectivity index (χ0) is 19.1. The number of carbonyl (C=O) groups is 1. The normalized spacial score (nSPS) is 19.7. The number of hydrogen-bond donors (Lipinski definition) is 0. The van der Waals surface area contributed by atoms with E-state index in [4.69, 9.17) is 0 Å². The Morgan fingerprint density at radius 3 is 2.48 bits per heavy atom. The van der Waals surface area contributed by atoms with Crippen LogP contribution in [0.25, 0.3) is 5.69 Å². The fraction of sp³-hybridized carbons (Fsp3) is 0.250. The van der Waals surface area contributed by atoms with Crippen molar-refractivity contribution in [2.45, 2.75) is 24.5 Å². The van der Waals surface area contributed by atoms with E-state index < -0.39 is 0 Å². The van der Waals surface area contributed by atoms with Crippen molar-refractivity contribution in [3.8, 4) is 5.69 Å². The number of para-hydroxylation sites is 1. The minimum atomic E-state index is -0.265. The van der Waals surface area contributed by atoms with E-state index in [1.807, 2.05) is 63.4 Å². The van der Waals surface area contributed by atoms with Gasteiger partial charge in [-0.05, 0) is 32.0 Å². The van der Waals surface area contributed by atoms with E-state index in [1.54, 1.807) is 26.7 Å². The molecule has 7 heteroatoms. The van der Waals surface area contributed by atoms with Crippen LogP contribution in [0, 0.1) is 6.92 Å². The molecule has 0 bridgehead atoms. The maximum atomic E-state index is 13.4. The zero-order valence-electron chi connectivity index (χ0n) is 15.4. The maximum absolute atomic E-state index is 13.4. The van der Waals surface area contributed by atoms with E-state index >= 15 is 0 Å². The number of rotatable bonds is 3. The van der Waals surface area contributed by atoms with Crippen LogP contribution in [0.3, 0.4) is 0 Å². The lowest BCUT2D eigenvalue weighted by Gasteiger charge is -2.22. The van der Waals surface area contributed by atoms with Gasteiger partial charge in [0.05, 0.1) is 16.6 Å². The van der Waals surface area contributed by atoms with Crippen molar-refractivity contribution < 1.29 is 4.79 Å². The van der Waals surface area contributed by atoms with E-state index in [-0.39, 0.29) is 22.1 Å². The van der Waals surface area contributed by atoms with E-state index in [2.05, 4.69) is 4.98 Å². The summed E-state index contributed by atoms with van der Waals surface area (Å²) in [4.78, 5) is 32.2. The monoisotopic (exact) mass is 380 g/mol. The van der Waals surface area contributed by atoms with Crippen molar-refractivity contribution in [1.82, 2.24) is 14.3 Å². The standard InChI is InChI=1S/C20H20N4O2S/c1-13-17(19(26)24(22(13)3)16-9-5-4-6-10-16)23-18(25)14(2)27-20(23)15-8-7-11-21-12-15/h4-12,14,20H,1-3H3/t14-,20-/m0/s1.